The fourth-order valence-electron chi connectivity index (χ4n) is 9.06. The Kier molecular flexibility index (Phi) is 25.8. The summed E-state index contributed by atoms with van der Waals surface area (Å²) in [6.07, 6.45) is -0.0754. The minimum absolute atomic E-state index is 0. The van der Waals surface area contributed by atoms with Gasteiger partial charge in [0, 0.05) is 52.5 Å². The molecule has 0 aliphatic carbocycles. The van der Waals surface area contributed by atoms with Gasteiger partial charge in [0.15, 0.2) is 11.6 Å². The summed E-state index contributed by atoms with van der Waals surface area (Å²) in [5, 5.41) is 11.8. The molecule has 2 aromatic heterocycles. The van der Waals surface area contributed by atoms with Gasteiger partial charge in [-0.15, -0.1) is 34.6 Å². The van der Waals surface area contributed by atoms with Crippen LogP contribution in [-0.4, -0.2) is 37.8 Å². The number of hydrazine groups is 1. The van der Waals surface area contributed by atoms with Gasteiger partial charge in [-0.3, -0.25) is 15.4 Å². The van der Waals surface area contributed by atoms with Gasteiger partial charge in [-0.25, -0.2) is 9.36 Å². The normalized spacial score (nSPS) is 10.4. The van der Waals surface area contributed by atoms with E-state index in [1.165, 1.54) is 0 Å². The van der Waals surface area contributed by atoms with E-state index in [1.54, 1.807) is 48.5 Å². The van der Waals surface area contributed by atoms with Gasteiger partial charge in [0.1, 0.15) is 0 Å². The third-order valence-electron chi connectivity index (χ3n) is 13.6. The zero-order valence-corrected chi connectivity index (χ0v) is 56.5. The van der Waals surface area contributed by atoms with Crippen LogP contribution in [0.1, 0.15) is 27.1 Å². The van der Waals surface area contributed by atoms with Crippen molar-refractivity contribution in [2.24, 2.45) is 5.84 Å². The predicted octanol–water partition coefficient (Wildman–Crippen LogP) is 20.0. The molecule has 0 radical (unpaired) electrons. The lowest BCUT2D eigenvalue weighted by Crippen LogP contribution is -2.48. The maximum Gasteiger partial charge on any atom is 0.310 e. The van der Waals surface area contributed by atoms with E-state index in [-0.39, 0.29) is 30.4 Å². The third-order valence-corrected chi connectivity index (χ3v) is 20.0. The fraction of sp³-hybridized carbons (Fsp3) is 0.0133. The second-order valence-electron chi connectivity index (χ2n) is 19.8. The van der Waals surface area contributed by atoms with Gasteiger partial charge in [0.05, 0.1) is 40.6 Å². The van der Waals surface area contributed by atoms with Gasteiger partial charge >= 0.3 is 6.69 Å². The maximum absolute atomic E-state index is 11.8. The van der Waals surface area contributed by atoms with Gasteiger partial charge in [-0.2, -0.15) is 10.2 Å². The highest BCUT2D eigenvalue weighted by Crippen LogP contribution is 2.31. The first-order valence-electron chi connectivity index (χ1n) is 28.2. The third kappa shape index (κ3) is 19.2. The Bertz CT molecular complexity index is 4010. The van der Waals surface area contributed by atoms with Crippen molar-refractivity contribution in [2.45, 2.75) is 6.42 Å². The Hall–Kier alpha value is -8.53. The summed E-state index contributed by atoms with van der Waals surface area (Å²) in [6.45, 7) is -2.51. The van der Waals surface area contributed by atoms with Crippen LogP contribution in [0.5, 0.6) is 0 Å². The Labute approximate surface area is 567 Å². The van der Waals surface area contributed by atoms with Crippen LogP contribution >= 0.6 is 82.4 Å². The molecule has 0 amide bonds. The van der Waals surface area contributed by atoms with E-state index in [4.69, 9.17) is 38.2 Å². The molecule has 0 unspecified atom stereocenters. The topological polar surface area (TPSA) is 108 Å². The first-order chi connectivity index (χ1) is 43.4. The number of nitrogens with two attached hydrogens (primary N) is 1. The number of benzene rings is 11. The number of Topliss-reactive ketones (excluding diaryl/α,β-unsaturated/α-hetero) is 2. The van der Waals surface area contributed by atoms with Gasteiger partial charge in [0.2, 0.25) is 0 Å². The molecule has 0 atom stereocenters. The molecule has 0 fully saturated rings. The summed E-state index contributed by atoms with van der Waals surface area (Å²) in [5.74, 6) is 4.86. The fourth-order valence-corrected chi connectivity index (χ4v) is 12.9. The molecule has 0 aliphatic heterocycles. The number of hydrogen-bond donors (Lipinski definition) is 2. The van der Waals surface area contributed by atoms with Crippen molar-refractivity contribution in [2.75, 3.05) is 5.43 Å². The number of aromatic nitrogens is 4. The molecule has 11 aromatic carbocycles. The van der Waals surface area contributed by atoms with Crippen LogP contribution in [0.3, 0.4) is 0 Å². The minimum atomic E-state index is -2.51. The van der Waals surface area contributed by atoms with E-state index in [9.17, 15) is 9.59 Å². The highest BCUT2D eigenvalue weighted by Gasteiger charge is 2.33. The molecular formula is C75H60Br3Cl3N6O2Si. The number of anilines is 1. The molecule has 13 aromatic rings. The van der Waals surface area contributed by atoms with E-state index in [0.717, 1.165) is 85.9 Å². The van der Waals surface area contributed by atoms with Crippen molar-refractivity contribution < 1.29 is 9.59 Å². The lowest BCUT2D eigenvalue weighted by Gasteiger charge is -2.17. The summed E-state index contributed by atoms with van der Waals surface area (Å²) >= 11 is 23.3. The molecule has 448 valence electrons. The van der Waals surface area contributed by atoms with Crippen LogP contribution in [0, 0.1) is 0 Å². The average molecular weight is 1450 g/mol. The Morgan fingerprint density at radius 3 is 0.944 bits per heavy atom. The number of nitrogen functional groups attached to an aromatic ring is 1. The second-order valence-corrected chi connectivity index (χ2v) is 28.8. The Morgan fingerprint density at radius 1 is 0.378 bits per heavy atom. The van der Waals surface area contributed by atoms with Crippen LogP contribution in [0.4, 0.5) is 5.69 Å². The Morgan fingerprint density at radius 2 is 0.644 bits per heavy atom. The van der Waals surface area contributed by atoms with E-state index < -0.39 is 6.69 Å². The summed E-state index contributed by atoms with van der Waals surface area (Å²) in [4.78, 5) is 23.6. The van der Waals surface area contributed by atoms with Crippen molar-refractivity contribution in [1.82, 2.24) is 19.6 Å². The molecule has 0 saturated carbocycles. The zero-order chi connectivity index (χ0) is 62.2. The largest absolute Gasteiger partial charge is 0.324 e. The van der Waals surface area contributed by atoms with Crippen molar-refractivity contribution in [3.05, 3.63) is 352 Å². The van der Waals surface area contributed by atoms with Crippen LogP contribution in [0.15, 0.2) is 341 Å². The standard InChI is InChI=1S/2C21H15BrN2.C15H12O2.C12H10Cl2Si.C6H7BrN2.ClH/c2*22-18-11-13-19(14-12-18)24-21(17-9-5-2-6-10-17)15-20(23-24)16-7-3-1-4-8-16;16-14(12-7-3-1-4-8-12)11-15(17)13-9-5-2-6-10-13;13-15(14,11-7-3-1-4-8-11)12-9-5-2-6-10-12;7-5-1-3-6(9-8)4-2-5;/h2*1-15H;1-10H,11H2;1-10H;1-4,9H,8H2;1H. The van der Waals surface area contributed by atoms with Crippen LogP contribution in [-0.2, 0) is 0 Å². The summed E-state index contributed by atoms with van der Waals surface area (Å²) in [5.41, 5.74) is 15.3. The SMILES string of the molecule is Brc1ccc(-n2nc(-c3ccccc3)cc2-c2ccccc2)cc1.Brc1ccc(-n2nc(-c3ccccc3)cc2-c2ccccc2)cc1.Cl.Cl[Si](Cl)(c1ccccc1)c1ccccc1.NNc1ccc(Br)cc1.O=C(CC(=O)c1ccccc1)c1ccccc1. The van der Waals surface area contributed by atoms with Crippen molar-refractivity contribution in [3.8, 4) is 56.4 Å². The number of rotatable bonds is 13. The molecule has 0 bridgehead atoms. The molecule has 8 nitrogen and oxygen atoms in total. The van der Waals surface area contributed by atoms with E-state index >= 15 is 0 Å². The number of halogens is 6. The predicted molar refractivity (Wildman–Crippen MR) is 389 cm³/mol. The number of nitrogens with one attached hydrogen (secondary N) is 1. The highest BCUT2D eigenvalue weighted by molar-refractivity contribution is 9.11. The van der Waals surface area contributed by atoms with Crippen molar-refractivity contribution in [1.29, 1.82) is 0 Å². The first-order valence-corrected chi connectivity index (χ1v) is 34.6. The minimum Gasteiger partial charge on any atom is -0.324 e. The quantitative estimate of drug-likeness (QED) is 0.0297. The molecule has 90 heavy (non-hydrogen) atoms. The molecule has 0 spiro atoms. The van der Waals surface area contributed by atoms with Crippen LogP contribution < -0.4 is 21.6 Å². The van der Waals surface area contributed by atoms with E-state index in [1.807, 2.05) is 179 Å². The molecule has 13 rings (SSSR count). The number of nitrogens with zero attached hydrogens (tertiary/aromatic N) is 4. The number of hydrogen-bond acceptors (Lipinski definition) is 6. The van der Waals surface area contributed by atoms with E-state index in [0.29, 0.717) is 11.1 Å². The zero-order valence-electron chi connectivity index (χ0n) is 48.4. The second kappa shape index (κ2) is 34.4. The van der Waals surface area contributed by atoms with Gasteiger partial charge in [0.25, 0.3) is 0 Å². The maximum atomic E-state index is 11.8. The van der Waals surface area contributed by atoms with Gasteiger partial charge in [-0.05, 0) is 95.3 Å². The summed E-state index contributed by atoms with van der Waals surface area (Å²) < 4.78 is 7.18. The smallest absolute Gasteiger partial charge is 0.310 e. The number of ketones is 2. The molecule has 3 N–H and O–H groups in total. The molecule has 0 aliphatic rings. The number of carbonyl (C=O) groups excluding carboxylic acids is 2. The lowest BCUT2D eigenvalue weighted by molar-refractivity contribution is 0.0894. The lowest BCUT2D eigenvalue weighted by atomic mass is 10.0. The van der Waals surface area contributed by atoms with Gasteiger partial charge < -0.3 is 5.43 Å². The first kappa shape index (κ1) is 67.4. The Balaban J connectivity index is 0.000000150. The molecule has 0 saturated heterocycles. The van der Waals surface area contributed by atoms with E-state index in [2.05, 4.69) is 162 Å². The van der Waals surface area contributed by atoms with Crippen molar-refractivity contribution >= 4 is 117 Å². The summed E-state index contributed by atoms with van der Waals surface area (Å²) in [7, 11) is 0. The molecule has 15 heteroatoms. The van der Waals surface area contributed by atoms with Crippen molar-refractivity contribution in [3.63, 3.8) is 0 Å². The van der Waals surface area contributed by atoms with Crippen LogP contribution in [0.2, 0.25) is 0 Å². The average Bonchev–Trinajstić information content (AvgIpc) is 2.48. The molecule has 2 heterocycles. The summed E-state index contributed by atoms with van der Waals surface area (Å²) in [6, 6.07) is 107. The van der Waals surface area contributed by atoms with Gasteiger partial charge in [-0.1, -0.05) is 290 Å². The molecular weight excluding hydrogens is 1390 g/mol. The number of carbonyl (C=O) groups is 2. The monoisotopic (exact) mass is 1450 g/mol. The highest BCUT2D eigenvalue weighted by atomic mass is 79.9. The van der Waals surface area contributed by atoms with Crippen LogP contribution in [0.25, 0.3) is 56.4 Å².